The summed E-state index contributed by atoms with van der Waals surface area (Å²) in [5.41, 5.74) is 5.95. The first-order chi connectivity index (χ1) is 7.72. The zero-order chi connectivity index (χ0) is 11.5. The van der Waals surface area contributed by atoms with Gasteiger partial charge in [0.25, 0.3) is 0 Å². The summed E-state index contributed by atoms with van der Waals surface area (Å²) in [6.07, 6.45) is 8.48. The summed E-state index contributed by atoms with van der Waals surface area (Å²) in [6.45, 7) is 6.94. The van der Waals surface area contributed by atoms with Crippen molar-refractivity contribution in [2.45, 2.75) is 64.5 Å². The first-order valence-electron chi connectivity index (χ1n) is 7.18. The maximum absolute atomic E-state index is 5.95. The van der Waals surface area contributed by atoms with Crippen LogP contribution < -0.4 is 5.73 Å². The Labute approximate surface area is 101 Å². The lowest BCUT2D eigenvalue weighted by Gasteiger charge is -2.43. The molecule has 2 N–H and O–H groups in total. The van der Waals surface area contributed by atoms with Crippen LogP contribution in [0.2, 0.25) is 0 Å². The molecule has 2 aliphatic rings. The lowest BCUT2D eigenvalue weighted by Crippen LogP contribution is -2.52. The highest BCUT2D eigenvalue weighted by Gasteiger charge is 2.33. The van der Waals surface area contributed by atoms with Crippen molar-refractivity contribution in [3.8, 4) is 0 Å². The fraction of sp³-hybridized carbons (Fsp3) is 1.00. The number of rotatable bonds is 3. The highest BCUT2D eigenvalue weighted by Crippen LogP contribution is 2.33. The molecule has 0 radical (unpaired) electrons. The predicted molar refractivity (Wildman–Crippen MR) is 69.4 cm³/mol. The first-order valence-corrected chi connectivity index (χ1v) is 7.18. The van der Waals surface area contributed by atoms with E-state index in [9.17, 15) is 0 Å². The molecule has 2 heteroatoms. The zero-order valence-corrected chi connectivity index (χ0v) is 11.0. The second kappa shape index (κ2) is 5.50. The van der Waals surface area contributed by atoms with Crippen LogP contribution in [0, 0.1) is 11.8 Å². The van der Waals surface area contributed by atoms with E-state index in [0.717, 1.165) is 24.4 Å². The molecule has 1 aliphatic carbocycles. The van der Waals surface area contributed by atoms with Crippen molar-refractivity contribution in [3.05, 3.63) is 0 Å². The fourth-order valence-corrected chi connectivity index (χ4v) is 3.75. The number of nitrogens with zero attached hydrogens (tertiary/aromatic N) is 1. The summed E-state index contributed by atoms with van der Waals surface area (Å²) in [5.74, 6) is 1.82. The van der Waals surface area contributed by atoms with Gasteiger partial charge in [0.1, 0.15) is 0 Å². The molecule has 0 aromatic carbocycles. The third kappa shape index (κ3) is 2.60. The largest absolute Gasteiger partial charge is 0.329 e. The number of hydrogen-bond acceptors (Lipinski definition) is 2. The van der Waals surface area contributed by atoms with E-state index in [0.29, 0.717) is 6.04 Å². The van der Waals surface area contributed by atoms with Crippen molar-refractivity contribution in [1.29, 1.82) is 0 Å². The summed E-state index contributed by atoms with van der Waals surface area (Å²) >= 11 is 0. The van der Waals surface area contributed by atoms with Gasteiger partial charge in [-0.2, -0.15) is 0 Å². The number of nitrogens with two attached hydrogens (primary N) is 1. The van der Waals surface area contributed by atoms with Gasteiger partial charge in [-0.15, -0.1) is 0 Å². The summed E-state index contributed by atoms with van der Waals surface area (Å²) in [7, 11) is 0. The van der Waals surface area contributed by atoms with E-state index in [4.69, 9.17) is 5.73 Å². The Bertz CT molecular complexity index is 211. The van der Waals surface area contributed by atoms with Crippen LogP contribution in [0.3, 0.4) is 0 Å². The minimum absolute atomic E-state index is 0.652. The predicted octanol–water partition coefficient (Wildman–Crippen LogP) is 2.62. The standard InChI is InChI=1S/C14H28N2/c1-11-7-8-16(14(9-11)10-15)12(2)13-5-3-4-6-13/h11-14H,3-10,15H2,1-2H3. The molecule has 16 heavy (non-hydrogen) atoms. The van der Waals surface area contributed by atoms with Crippen LogP contribution in [0.1, 0.15) is 52.4 Å². The average molecular weight is 224 g/mol. The van der Waals surface area contributed by atoms with Crippen molar-refractivity contribution in [3.63, 3.8) is 0 Å². The molecule has 1 saturated carbocycles. The molecule has 1 saturated heterocycles. The molecule has 1 heterocycles. The number of piperidine rings is 1. The van der Waals surface area contributed by atoms with Gasteiger partial charge >= 0.3 is 0 Å². The minimum Gasteiger partial charge on any atom is -0.329 e. The summed E-state index contributed by atoms with van der Waals surface area (Å²) in [5, 5.41) is 0. The molecule has 0 bridgehead atoms. The topological polar surface area (TPSA) is 29.3 Å². The van der Waals surface area contributed by atoms with Crippen molar-refractivity contribution in [2.24, 2.45) is 17.6 Å². The minimum atomic E-state index is 0.652. The van der Waals surface area contributed by atoms with Crippen molar-refractivity contribution >= 4 is 0 Å². The van der Waals surface area contributed by atoms with Gasteiger partial charge in [-0.25, -0.2) is 0 Å². The van der Waals surface area contributed by atoms with Crippen LogP contribution in [-0.4, -0.2) is 30.1 Å². The Balaban J connectivity index is 1.95. The van der Waals surface area contributed by atoms with Crippen molar-refractivity contribution in [1.82, 2.24) is 4.90 Å². The highest BCUT2D eigenvalue weighted by molar-refractivity contribution is 4.88. The van der Waals surface area contributed by atoms with Crippen LogP contribution in [0.5, 0.6) is 0 Å². The molecule has 0 aromatic heterocycles. The van der Waals surface area contributed by atoms with E-state index < -0.39 is 0 Å². The third-order valence-corrected chi connectivity index (χ3v) is 4.90. The molecule has 2 fully saturated rings. The SMILES string of the molecule is CC1CCN(C(C)C2CCCC2)C(CN)C1. The lowest BCUT2D eigenvalue weighted by atomic mass is 9.88. The van der Waals surface area contributed by atoms with Gasteiger partial charge < -0.3 is 5.73 Å². The van der Waals surface area contributed by atoms with E-state index in [1.165, 1.54) is 45.1 Å². The fourth-order valence-electron chi connectivity index (χ4n) is 3.75. The van der Waals surface area contributed by atoms with E-state index in [1.807, 2.05) is 0 Å². The van der Waals surface area contributed by atoms with E-state index in [-0.39, 0.29) is 0 Å². The maximum Gasteiger partial charge on any atom is 0.0223 e. The summed E-state index contributed by atoms with van der Waals surface area (Å²) < 4.78 is 0. The molecular weight excluding hydrogens is 196 g/mol. The molecule has 0 spiro atoms. The number of likely N-dealkylation sites (tertiary alicyclic amines) is 1. The smallest absolute Gasteiger partial charge is 0.0223 e. The molecular formula is C14H28N2. The third-order valence-electron chi connectivity index (χ3n) is 4.90. The molecule has 1 aliphatic heterocycles. The van der Waals surface area contributed by atoms with Gasteiger partial charge in [0.2, 0.25) is 0 Å². The van der Waals surface area contributed by atoms with Crippen molar-refractivity contribution < 1.29 is 0 Å². The van der Waals surface area contributed by atoms with E-state index >= 15 is 0 Å². The maximum atomic E-state index is 5.95. The molecule has 3 unspecified atom stereocenters. The van der Waals surface area contributed by atoms with Gasteiger partial charge in [0, 0.05) is 18.6 Å². The molecule has 3 atom stereocenters. The van der Waals surface area contributed by atoms with Gasteiger partial charge in [0.05, 0.1) is 0 Å². The quantitative estimate of drug-likeness (QED) is 0.798. The Morgan fingerprint density at radius 3 is 2.56 bits per heavy atom. The van der Waals surface area contributed by atoms with Crippen LogP contribution in [-0.2, 0) is 0 Å². The summed E-state index contributed by atoms with van der Waals surface area (Å²) in [4.78, 5) is 2.72. The second-order valence-corrected chi connectivity index (χ2v) is 6.04. The zero-order valence-electron chi connectivity index (χ0n) is 11.0. The Morgan fingerprint density at radius 2 is 1.94 bits per heavy atom. The van der Waals surface area contributed by atoms with Gasteiger partial charge in [-0.3, -0.25) is 4.90 Å². The Hall–Kier alpha value is -0.0800. The van der Waals surface area contributed by atoms with Gasteiger partial charge in [-0.05, 0) is 51.0 Å². The highest BCUT2D eigenvalue weighted by atomic mass is 15.2. The Morgan fingerprint density at radius 1 is 1.25 bits per heavy atom. The van der Waals surface area contributed by atoms with Gasteiger partial charge in [-0.1, -0.05) is 19.8 Å². The van der Waals surface area contributed by atoms with Crippen LogP contribution >= 0.6 is 0 Å². The first kappa shape index (κ1) is 12.4. The lowest BCUT2D eigenvalue weighted by molar-refractivity contribution is 0.0566. The summed E-state index contributed by atoms with van der Waals surface area (Å²) in [6, 6.07) is 1.42. The Kier molecular flexibility index (Phi) is 4.26. The monoisotopic (exact) mass is 224 g/mol. The molecule has 0 aromatic rings. The molecule has 2 nitrogen and oxygen atoms in total. The van der Waals surface area contributed by atoms with E-state index in [2.05, 4.69) is 18.7 Å². The molecule has 94 valence electrons. The van der Waals surface area contributed by atoms with E-state index in [1.54, 1.807) is 0 Å². The molecule has 0 amide bonds. The normalized spacial score (nSPS) is 35.4. The van der Waals surface area contributed by atoms with Crippen molar-refractivity contribution in [2.75, 3.05) is 13.1 Å². The average Bonchev–Trinajstić information content (AvgIpc) is 2.81. The van der Waals surface area contributed by atoms with Gasteiger partial charge in [0.15, 0.2) is 0 Å². The van der Waals surface area contributed by atoms with Crippen LogP contribution in [0.4, 0.5) is 0 Å². The molecule has 2 rings (SSSR count). The second-order valence-electron chi connectivity index (χ2n) is 6.04. The number of hydrogen-bond donors (Lipinski definition) is 1. The van der Waals surface area contributed by atoms with Crippen LogP contribution in [0.15, 0.2) is 0 Å². The van der Waals surface area contributed by atoms with Crippen LogP contribution in [0.25, 0.3) is 0 Å².